The lowest BCUT2D eigenvalue weighted by Crippen LogP contribution is -2.26. The topological polar surface area (TPSA) is 37.3 Å². The van der Waals surface area contributed by atoms with E-state index in [0.29, 0.717) is 6.42 Å². The van der Waals surface area contributed by atoms with Crippen LogP contribution in [0.4, 0.5) is 0 Å². The monoisotopic (exact) mass is 204 g/mol. The molecule has 2 heteroatoms. The van der Waals surface area contributed by atoms with Gasteiger partial charge in [-0.2, -0.15) is 0 Å². The number of ketones is 1. The van der Waals surface area contributed by atoms with E-state index >= 15 is 0 Å². The predicted molar refractivity (Wildman–Crippen MR) is 58.9 cm³/mol. The number of Topliss-reactive ketones (excluding diaryl/α,β-unsaturated/α-hetero) is 1. The number of rotatable bonds is 2. The second-order valence-electron chi connectivity index (χ2n) is 4.94. The lowest BCUT2D eigenvalue weighted by molar-refractivity contribution is 0.0490. The smallest absolute Gasteiger partial charge is 0.166 e. The molecule has 0 aromatic heterocycles. The lowest BCUT2D eigenvalue weighted by atomic mass is 9.91. The van der Waals surface area contributed by atoms with Gasteiger partial charge in [0, 0.05) is 11.5 Å². The van der Waals surface area contributed by atoms with Crippen molar-refractivity contribution in [2.24, 2.45) is 5.92 Å². The van der Waals surface area contributed by atoms with Crippen molar-refractivity contribution < 1.29 is 9.90 Å². The molecule has 0 amide bonds. The van der Waals surface area contributed by atoms with Crippen molar-refractivity contribution in [1.82, 2.24) is 0 Å². The van der Waals surface area contributed by atoms with Crippen LogP contribution in [0, 0.1) is 5.92 Å². The molecule has 1 aromatic rings. The summed E-state index contributed by atoms with van der Waals surface area (Å²) >= 11 is 0. The number of benzene rings is 1. The highest BCUT2D eigenvalue weighted by Crippen LogP contribution is 2.31. The van der Waals surface area contributed by atoms with Crippen LogP contribution < -0.4 is 0 Å². The van der Waals surface area contributed by atoms with Gasteiger partial charge in [0.1, 0.15) is 0 Å². The molecule has 0 saturated heterocycles. The van der Waals surface area contributed by atoms with Gasteiger partial charge >= 0.3 is 0 Å². The zero-order valence-electron chi connectivity index (χ0n) is 9.16. The molecule has 2 rings (SSSR count). The fraction of sp³-hybridized carbons (Fsp3) is 0.462. The highest BCUT2D eigenvalue weighted by atomic mass is 16.3. The summed E-state index contributed by atoms with van der Waals surface area (Å²) in [6, 6.07) is 7.72. The van der Waals surface area contributed by atoms with Crippen LogP contribution in [0.3, 0.4) is 0 Å². The molecule has 0 radical (unpaired) electrons. The highest BCUT2D eigenvalue weighted by Gasteiger charge is 2.33. The van der Waals surface area contributed by atoms with Crippen molar-refractivity contribution in [3.63, 3.8) is 0 Å². The van der Waals surface area contributed by atoms with Gasteiger partial charge < -0.3 is 5.11 Å². The third-order valence-corrected chi connectivity index (χ3v) is 2.87. The van der Waals surface area contributed by atoms with Gasteiger partial charge in [-0.3, -0.25) is 4.79 Å². The second-order valence-corrected chi connectivity index (χ2v) is 4.94. The lowest BCUT2D eigenvalue weighted by Gasteiger charge is -2.20. The van der Waals surface area contributed by atoms with Gasteiger partial charge in [0.25, 0.3) is 0 Å². The molecule has 1 N–H and O–H groups in total. The second kappa shape index (κ2) is 3.46. The first-order chi connectivity index (χ1) is 6.97. The molecule has 0 aliphatic heterocycles. The van der Waals surface area contributed by atoms with Crippen molar-refractivity contribution in [3.05, 3.63) is 35.4 Å². The van der Waals surface area contributed by atoms with E-state index in [1.807, 2.05) is 24.3 Å². The van der Waals surface area contributed by atoms with Gasteiger partial charge in [-0.05, 0) is 32.3 Å². The first kappa shape index (κ1) is 10.4. The van der Waals surface area contributed by atoms with Crippen LogP contribution in [0.25, 0.3) is 0 Å². The largest absolute Gasteiger partial charge is 0.390 e. The summed E-state index contributed by atoms with van der Waals surface area (Å²) in [5.74, 6) is 0.148. The zero-order chi connectivity index (χ0) is 11.1. The molecular formula is C13H16O2. The van der Waals surface area contributed by atoms with Gasteiger partial charge in [-0.15, -0.1) is 0 Å². The molecule has 15 heavy (non-hydrogen) atoms. The standard InChI is InChI=1S/C13H16O2/c1-13(2,15)8-10-7-9-5-3-4-6-11(9)12(10)14/h3-6,10,15H,7-8H2,1-2H3. The fourth-order valence-electron chi connectivity index (χ4n) is 2.28. The summed E-state index contributed by atoms with van der Waals surface area (Å²) in [7, 11) is 0. The van der Waals surface area contributed by atoms with Crippen molar-refractivity contribution in [2.45, 2.75) is 32.3 Å². The first-order valence-electron chi connectivity index (χ1n) is 5.32. The van der Waals surface area contributed by atoms with E-state index in [9.17, 15) is 9.90 Å². The normalized spacial score (nSPS) is 20.5. The van der Waals surface area contributed by atoms with Crippen LogP contribution in [0.15, 0.2) is 24.3 Å². The minimum absolute atomic E-state index is 0.0394. The Labute approximate surface area is 89.9 Å². The number of aliphatic hydroxyl groups is 1. The van der Waals surface area contributed by atoms with E-state index in [0.717, 1.165) is 17.5 Å². The Morgan fingerprint density at radius 3 is 2.67 bits per heavy atom. The SMILES string of the molecule is CC(C)(O)CC1Cc2ccccc2C1=O. The van der Waals surface area contributed by atoms with E-state index in [4.69, 9.17) is 0 Å². The number of carbonyl (C=O) groups is 1. The molecule has 1 aromatic carbocycles. The number of carbonyl (C=O) groups excluding carboxylic acids is 1. The van der Waals surface area contributed by atoms with Crippen LogP contribution in [0.2, 0.25) is 0 Å². The molecule has 0 bridgehead atoms. The first-order valence-corrected chi connectivity index (χ1v) is 5.32. The molecule has 0 spiro atoms. The number of hydrogen-bond acceptors (Lipinski definition) is 2. The summed E-state index contributed by atoms with van der Waals surface area (Å²) in [6.07, 6.45) is 1.32. The zero-order valence-corrected chi connectivity index (χ0v) is 9.16. The van der Waals surface area contributed by atoms with Gasteiger partial charge in [0.15, 0.2) is 5.78 Å². The maximum atomic E-state index is 12.0. The molecule has 1 aliphatic rings. The van der Waals surface area contributed by atoms with Gasteiger partial charge in [-0.25, -0.2) is 0 Å². The van der Waals surface area contributed by atoms with Crippen molar-refractivity contribution in [2.75, 3.05) is 0 Å². The fourth-order valence-corrected chi connectivity index (χ4v) is 2.28. The maximum Gasteiger partial charge on any atom is 0.166 e. The molecule has 0 saturated carbocycles. The van der Waals surface area contributed by atoms with Gasteiger partial charge in [-0.1, -0.05) is 24.3 Å². The summed E-state index contributed by atoms with van der Waals surface area (Å²) in [5, 5.41) is 9.72. The van der Waals surface area contributed by atoms with Crippen LogP contribution in [-0.2, 0) is 6.42 Å². The van der Waals surface area contributed by atoms with Crippen LogP contribution >= 0.6 is 0 Å². The Morgan fingerprint density at radius 2 is 2.07 bits per heavy atom. The summed E-state index contributed by atoms with van der Waals surface area (Å²) in [4.78, 5) is 12.0. The summed E-state index contributed by atoms with van der Waals surface area (Å²) in [6.45, 7) is 3.51. The van der Waals surface area contributed by atoms with E-state index in [2.05, 4.69) is 0 Å². The molecule has 0 fully saturated rings. The summed E-state index contributed by atoms with van der Waals surface area (Å²) in [5.41, 5.74) is 1.20. The van der Waals surface area contributed by atoms with Gasteiger partial charge in [0.2, 0.25) is 0 Å². The van der Waals surface area contributed by atoms with Crippen molar-refractivity contribution in [3.8, 4) is 0 Å². The van der Waals surface area contributed by atoms with Crippen molar-refractivity contribution >= 4 is 5.78 Å². The molecule has 1 aliphatic carbocycles. The van der Waals surface area contributed by atoms with E-state index in [1.165, 1.54) is 0 Å². The Hall–Kier alpha value is -1.15. The maximum absolute atomic E-state index is 12.0. The Morgan fingerprint density at radius 1 is 1.40 bits per heavy atom. The van der Waals surface area contributed by atoms with E-state index in [1.54, 1.807) is 13.8 Å². The molecule has 80 valence electrons. The summed E-state index contributed by atoms with van der Waals surface area (Å²) < 4.78 is 0. The third kappa shape index (κ3) is 2.10. The molecule has 2 nitrogen and oxygen atoms in total. The average Bonchev–Trinajstić information content (AvgIpc) is 2.42. The minimum Gasteiger partial charge on any atom is -0.390 e. The van der Waals surface area contributed by atoms with Crippen LogP contribution in [-0.4, -0.2) is 16.5 Å². The van der Waals surface area contributed by atoms with E-state index in [-0.39, 0.29) is 11.7 Å². The van der Waals surface area contributed by atoms with Crippen LogP contribution in [0.5, 0.6) is 0 Å². The third-order valence-electron chi connectivity index (χ3n) is 2.87. The van der Waals surface area contributed by atoms with E-state index < -0.39 is 5.60 Å². The molecule has 1 atom stereocenters. The highest BCUT2D eigenvalue weighted by molar-refractivity contribution is 6.02. The Bertz CT molecular complexity index is 388. The molecular weight excluding hydrogens is 188 g/mol. The number of hydrogen-bond donors (Lipinski definition) is 1. The van der Waals surface area contributed by atoms with Gasteiger partial charge in [0.05, 0.1) is 5.60 Å². The predicted octanol–water partition coefficient (Wildman–Crippen LogP) is 2.20. The average molecular weight is 204 g/mol. The molecule has 1 unspecified atom stereocenters. The minimum atomic E-state index is -0.762. The quantitative estimate of drug-likeness (QED) is 0.801. The van der Waals surface area contributed by atoms with Crippen molar-refractivity contribution in [1.29, 1.82) is 0 Å². The number of fused-ring (bicyclic) bond motifs is 1. The Balaban J connectivity index is 2.21. The molecule has 0 heterocycles. The van der Waals surface area contributed by atoms with Crippen LogP contribution in [0.1, 0.15) is 36.2 Å². The Kier molecular flexibility index (Phi) is 2.39.